The first-order chi connectivity index (χ1) is 11.4. The van der Waals surface area contributed by atoms with Crippen LogP contribution in [0.25, 0.3) is 0 Å². The predicted molar refractivity (Wildman–Crippen MR) is 92.1 cm³/mol. The fraction of sp³-hybridized carbons (Fsp3) is 0.235. The van der Waals surface area contributed by atoms with Gasteiger partial charge in [-0.2, -0.15) is 0 Å². The van der Waals surface area contributed by atoms with Gasteiger partial charge >= 0.3 is 6.03 Å². The molecular weight excluding hydrogens is 326 g/mol. The van der Waals surface area contributed by atoms with Crippen molar-refractivity contribution in [3.8, 4) is 0 Å². The standard InChI is InChI=1S/C17H17N3O3S/c1-3-10-8-9-24-13(10)14(21)18-12-6-4-11(5-7-12)17(2)15(22)19-16(23)20-17/h4-9H,3H2,1-2H3,(H,18,21)(H2,19,20,22,23)/t17-/m1/s1. The van der Waals surface area contributed by atoms with Crippen molar-refractivity contribution in [1.29, 1.82) is 0 Å². The second-order valence-corrected chi connectivity index (χ2v) is 6.61. The van der Waals surface area contributed by atoms with Crippen LogP contribution in [-0.2, 0) is 16.8 Å². The summed E-state index contributed by atoms with van der Waals surface area (Å²) in [5, 5.41) is 9.59. The van der Waals surface area contributed by atoms with Gasteiger partial charge in [0.2, 0.25) is 0 Å². The van der Waals surface area contributed by atoms with E-state index in [-0.39, 0.29) is 5.91 Å². The maximum absolute atomic E-state index is 12.3. The molecule has 1 aromatic heterocycles. The molecule has 2 aromatic rings. The molecule has 3 N–H and O–H groups in total. The highest BCUT2D eigenvalue weighted by molar-refractivity contribution is 7.12. The van der Waals surface area contributed by atoms with Gasteiger partial charge in [0.15, 0.2) is 0 Å². The summed E-state index contributed by atoms with van der Waals surface area (Å²) in [5.41, 5.74) is 1.21. The number of carbonyl (C=O) groups excluding carboxylic acids is 3. The van der Waals surface area contributed by atoms with Crippen LogP contribution in [0, 0.1) is 0 Å². The molecule has 0 aliphatic carbocycles. The van der Waals surface area contributed by atoms with Crippen molar-refractivity contribution in [3.05, 3.63) is 51.7 Å². The molecule has 1 atom stereocenters. The van der Waals surface area contributed by atoms with Gasteiger partial charge in [-0.15, -0.1) is 11.3 Å². The Morgan fingerprint density at radius 1 is 1.21 bits per heavy atom. The van der Waals surface area contributed by atoms with Gasteiger partial charge < -0.3 is 10.6 Å². The van der Waals surface area contributed by atoms with E-state index in [9.17, 15) is 14.4 Å². The lowest BCUT2D eigenvalue weighted by Gasteiger charge is -2.21. The number of aryl methyl sites for hydroxylation is 1. The lowest BCUT2D eigenvalue weighted by atomic mass is 9.92. The summed E-state index contributed by atoms with van der Waals surface area (Å²) in [4.78, 5) is 36.3. The second kappa shape index (κ2) is 6.09. The zero-order chi connectivity index (χ0) is 17.3. The first kappa shape index (κ1) is 16.2. The Morgan fingerprint density at radius 3 is 2.50 bits per heavy atom. The Morgan fingerprint density at radius 2 is 1.92 bits per heavy atom. The minimum atomic E-state index is -1.09. The molecule has 1 aromatic carbocycles. The van der Waals surface area contributed by atoms with E-state index in [4.69, 9.17) is 0 Å². The van der Waals surface area contributed by atoms with E-state index in [1.807, 2.05) is 18.4 Å². The van der Waals surface area contributed by atoms with Crippen LogP contribution in [0.2, 0.25) is 0 Å². The van der Waals surface area contributed by atoms with Crippen molar-refractivity contribution in [1.82, 2.24) is 10.6 Å². The first-order valence-electron chi connectivity index (χ1n) is 7.56. The van der Waals surface area contributed by atoms with E-state index < -0.39 is 17.5 Å². The van der Waals surface area contributed by atoms with E-state index in [2.05, 4.69) is 16.0 Å². The van der Waals surface area contributed by atoms with E-state index in [1.54, 1.807) is 31.2 Å². The monoisotopic (exact) mass is 343 g/mol. The zero-order valence-electron chi connectivity index (χ0n) is 13.3. The Kier molecular flexibility index (Phi) is 4.11. The number of amides is 4. The summed E-state index contributed by atoms with van der Waals surface area (Å²) in [6, 6.07) is 8.31. The minimum Gasteiger partial charge on any atom is -0.321 e. The maximum atomic E-state index is 12.3. The van der Waals surface area contributed by atoms with Crippen molar-refractivity contribution in [2.75, 3.05) is 5.32 Å². The summed E-state index contributed by atoms with van der Waals surface area (Å²) in [7, 11) is 0. The maximum Gasteiger partial charge on any atom is 0.322 e. The van der Waals surface area contributed by atoms with Crippen LogP contribution in [0.4, 0.5) is 10.5 Å². The van der Waals surface area contributed by atoms with Crippen LogP contribution >= 0.6 is 11.3 Å². The topological polar surface area (TPSA) is 87.3 Å². The summed E-state index contributed by atoms with van der Waals surface area (Å²) < 4.78 is 0. The number of anilines is 1. The van der Waals surface area contributed by atoms with Gasteiger partial charge in [-0.25, -0.2) is 4.79 Å². The zero-order valence-corrected chi connectivity index (χ0v) is 14.1. The van der Waals surface area contributed by atoms with Crippen LogP contribution in [-0.4, -0.2) is 17.8 Å². The van der Waals surface area contributed by atoms with Crippen molar-refractivity contribution < 1.29 is 14.4 Å². The number of hydrogen-bond acceptors (Lipinski definition) is 4. The molecule has 1 fully saturated rings. The summed E-state index contributed by atoms with van der Waals surface area (Å²) in [6.45, 7) is 3.65. The number of rotatable bonds is 4. The van der Waals surface area contributed by atoms with E-state index in [0.717, 1.165) is 12.0 Å². The van der Waals surface area contributed by atoms with Gasteiger partial charge in [-0.1, -0.05) is 19.1 Å². The Labute approximate surface area is 143 Å². The van der Waals surface area contributed by atoms with Gasteiger partial charge in [0, 0.05) is 5.69 Å². The third-order valence-corrected chi connectivity index (χ3v) is 5.05. The number of imide groups is 1. The number of thiophene rings is 1. The van der Waals surface area contributed by atoms with Crippen molar-refractivity contribution >= 4 is 34.9 Å². The molecule has 24 heavy (non-hydrogen) atoms. The largest absolute Gasteiger partial charge is 0.322 e. The third kappa shape index (κ3) is 2.78. The molecule has 4 amide bonds. The molecule has 6 nitrogen and oxygen atoms in total. The highest BCUT2D eigenvalue weighted by atomic mass is 32.1. The van der Waals surface area contributed by atoms with Crippen LogP contribution in [0.15, 0.2) is 35.7 Å². The van der Waals surface area contributed by atoms with Crippen molar-refractivity contribution in [2.24, 2.45) is 0 Å². The normalized spacial score (nSPS) is 19.8. The lowest BCUT2D eigenvalue weighted by Crippen LogP contribution is -2.40. The highest BCUT2D eigenvalue weighted by Gasteiger charge is 2.43. The Bertz CT molecular complexity index is 813. The molecule has 0 saturated carbocycles. The van der Waals surface area contributed by atoms with Gasteiger partial charge in [0.25, 0.3) is 11.8 Å². The first-order valence-corrected chi connectivity index (χ1v) is 8.44. The van der Waals surface area contributed by atoms with Crippen LogP contribution in [0.1, 0.15) is 34.6 Å². The van der Waals surface area contributed by atoms with Gasteiger partial charge in [-0.3, -0.25) is 14.9 Å². The SMILES string of the molecule is CCc1ccsc1C(=O)Nc1ccc([C@@]2(C)NC(=O)NC2=O)cc1. The summed E-state index contributed by atoms with van der Waals surface area (Å²) in [6.07, 6.45) is 0.804. The number of nitrogens with one attached hydrogen (secondary N) is 3. The molecule has 0 radical (unpaired) electrons. The summed E-state index contributed by atoms with van der Waals surface area (Å²) >= 11 is 1.41. The van der Waals surface area contributed by atoms with Gasteiger partial charge in [0.1, 0.15) is 5.54 Å². The smallest absolute Gasteiger partial charge is 0.321 e. The fourth-order valence-electron chi connectivity index (χ4n) is 2.63. The van der Waals surface area contributed by atoms with E-state index >= 15 is 0 Å². The second-order valence-electron chi connectivity index (χ2n) is 5.69. The van der Waals surface area contributed by atoms with Crippen LogP contribution in [0.3, 0.4) is 0 Å². The minimum absolute atomic E-state index is 0.146. The summed E-state index contributed by atoms with van der Waals surface area (Å²) in [5.74, 6) is -0.539. The predicted octanol–water partition coefficient (Wildman–Crippen LogP) is 2.62. The van der Waals surface area contributed by atoms with Crippen LogP contribution < -0.4 is 16.0 Å². The average molecular weight is 343 g/mol. The molecule has 0 spiro atoms. The molecule has 1 aliphatic heterocycles. The average Bonchev–Trinajstić information content (AvgIpc) is 3.13. The molecule has 3 rings (SSSR count). The number of urea groups is 1. The van der Waals surface area contributed by atoms with Crippen molar-refractivity contribution in [2.45, 2.75) is 25.8 Å². The molecule has 0 bridgehead atoms. The van der Waals surface area contributed by atoms with E-state index in [0.29, 0.717) is 16.1 Å². The highest BCUT2D eigenvalue weighted by Crippen LogP contribution is 2.26. The number of carbonyl (C=O) groups is 3. The molecule has 2 heterocycles. The molecule has 1 saturated heterocycles. The third-order valence-electron chi connectivity index (χ3n) is 4.10. The fourth-order valence-corrected chi connectivity index (χ4v) is 3.52. The molecule has 0 unspecified atom stereocenters. The number of hydrogen-bond donors (Lipinski definition) is 3. The van der Waals surface area contributed by atoms with Gasteiger partial charge in [-0.05, 0) is 48.1 Å². The van der Waals surface area contributed by atoms with E-state index in [1.165, 1.54) is 11.3 Å². The molecule has 1 aliphatic rings. The Balaban J connectivity index is 1.77. The van der Waals surface area contributed by atoms with Crippen molar-refractivity contribution in [3.63, 3.8) is 0 Å². The molecule has 124 valence electrons. The molecule has 7 heteroatoms. The van der Waals surface area contributed by atoms with Gasteiger partial charge in [0.05, 0.1) is 4.88 Å². The quantitative estimate of drug-likeness (QED) is 0.746. The molecular formula is C17H17N3O3S. The van der Waals surface area contributed by atoms with Crippen LogP contribution in [0.5, 0.6) is 0 Å². The lowest BCUT2D eigenvalue weighted by molar-refractivity contribution is -0.123. The number of benzene rings is 1. The Hall–Kier alpha value is -2.67.